The summed E-state index contributed by atoms with van der Waals surface area (Å²) < 4.78 is 0. The van der Waals surface area contributed by atoms with Crippen LogP contribution in [0.1, 0.15) is 43.1 Å². The zero-order valence-corrected chi connectivity index (χ0v) is 17.5. The number of fused-ring (bicyclic) bond motifs is 1. The third-order valence-corrected chi connectivity index (χ3v) is 5.84. The summed E-state index contributed by atoms with van der Waals surface area (Å²) in [4.78, 5) is 41.2. The molecule has 1 aromatic rings. The number of nitrogens with one attached hydrogen (secondary N) is 1. The molecule has 0 radical (unpaired) electrons. The molecule has 0 aromatic heterocycles. The van der Waals surface area contributed by atoms with Crippen molar-refractivity contribution in [2.24, 2.45) is 0 Å². The van der Waals surface area contributed by atoms with Gasteiger partial charge in [-0.2, -0.15) is 0 Å². The minimum atomic E-state index is -0.466. The molecule has 3 amide bonds. The Balaban J connectivity index is 1.82. The molecule has 1 saturated heterocycles. The van der Waals surface area contributed by atoms with Gasteiger partial charge in [-0.3, -0.25) is 14.4 Å². The van der Waals surface area contributed by atoms with Crippen LogP contribution in [0, 0.1) is 0 Å². The second-order valence-corrected chi connectivity index (χ2v) is 9.17. The second-order valence-electron chi connectivity index (χ2n) is 8.17. The third-order valence-electron chi connectivity index (χ3n) is 4.83. The monoisotopic (exact) mass is 401 g/mol. The van der Waals surface area contributed by atoms with Gasteiger partial charge >= 0.3 is 0 Å². The number of carbonyl (C=O) groups is 3. The number of thioether (sulfide) groups is 1. The summed E-state index contributed by atoms with van der Waals surface area (Å²) in [5, 5.41) is 2.97. The maximum atomic E-state index is 13.1. The van der Waals surface area contributed by atoms with Gasteiger partial charge < -0.3 is 15.1 Å². The quantitative estimate of drug-likeness (QED) is 0.791. The summed E-state index contributed by atoms with van der Waals surface area (Å²) in [7, 11) is 0. The van der Waals surface area contributed by atoms with Crippen LogP contribution in [-0.2, 0) is 16.0 Å². The van der Waals surface area contributed by atoms with Gasteiger partial charge in [0, 0.05) is 29.1 Å². The van der Waals surface area contributed by atoms with Crippen molar-refractivity contribution >= 4 is 35.2 Å². The largest absolute Gasteiger partial charge is 0.350 e. The van der Waals surface area contributed by atoms with Gasteiger partial charge in [-0.15, -0.1) is 11.8 Å². The van der Waals surface area contributed by atoms with E-state index in [4.69, 9.17) is 0 Å². The van der Waals surface area contributed by atoms with Crippen molar-refractivity contribution in [1.82, 2.24) is 10.2 Å². The summed E-state index contributed by atoms with van der Waals surface area (Å²) in [6.45, 7) is 10.0. The van der Waals surface area contributed by atoms with Gasteiger partial charge in [0.25, 0.3) is 5.91 Å². The van der Waals surface area contributed by atoms with E-state index < -0.39 is 6.04 Å². The van der Waals surface area contributed by atoms with Crippen molar-refractivity contribution in [3.8, 4) is 0 Å². The van der Waals surface area contributed by atoms with Gasteiger partial charge in [-0.05, 0) is 63.5 Å². The molecule has 1 N–H and O–H groups in total. The van der Waals surface area contributed by atoms with Crippen LogP contribution in [0.4, 0.5) is 5.69 Å². The van der Waals surface area contributed by atoms with Gasteiger partial charge in [-0.1, -0.05) is 6.58 Å². The van der Waals surface area contributed by atoms with Crippen molar-refractivity contribution in [1.29, 1.82) is 0 Å². The molecule has 0 spiro atoms. The lowest BCUT2D eigenvalue weighted by Crippen LogP contribution is -2.52. The van der Waals surface area contributed by atoms with Crippen LogP contribution in [0.5, 0.6) is 0 Å². The van der Waals surface area contributed by atoms with Crippen LogP contribution in [0.3, 0.4) is 0 Å². The van der Waals surface area contributed by atoms with E-state index in [1.54, 1.807) is 27.6 Å². The minimum absolute atomic E-state index is 0.119. The normalized spacial score (nSPS) is 19.2. The Morgan fingerprint density at radius 1 is 1.29 bits per heavy atom. The Morgan fingerprint density at radius 3 is 2.71 bits per heavy atom. The standard InChI is InChI=1S/C21H27N3O3S/c1-5-18(25)23-10-6-7-14-11-15(8-9-16(14)23)20(27)24-13-28-12-17(24)19(26)22-21(2,3)4/h5,8-9,11,17H,1,6-7,10,12-13H2,2-4H3,(H,22,26). The molecule has 2 aliphatic rings. The van der Waals surface area contributed by atoms with E-state index in [1.807, 2.05) is 32.9 Å². The SMILES string of the molecule is C=CC(=O)N1CCCc2cc(C(=O)N3CSCC3C(=O)NC(C)(C)C)ccc21. The smallest absolute Gasteiger partial charge is 0.255 e. The molecule has 2 aliphatic heterocycles. The highest BCUT2D eigenvalue weighted by molar-refractivity contribution is 7.99. The molecule has 1 fully saturated rings. The average molecular weight is 402 g/mol. The predicted molar refractivity (Wildman–Crippen MR) is 112 cm³/mol. The minimum Gasteiger partial charge on any atom is -0.350 e. The first kappa shape index (κ1) is 20.5. The molecule has 1 unspecified atom stereocenters. The molecule has 0 aliphatic carbocycles. The molecule has 150 valence electrons. The summed E-state index contributed by atoms with van der Waals surface area (Å²) in [5.41, 5.74) is 2.04. The first-order valence-corrected chi connectivity index (χ1v) is 10.6. The molecule has 0 bridgehead atoms. The molecule has 6 nitrogen and oxygen atoms in total. The van der Waals surface area contributed by atoms with Crippen molar-refractivity contribution in [3.63, 3.8) is 0 Å². The Morgan fingerprint density at radius 2 is 2.04 bits per heavy atom. The van der Waals surface area contributed by atoms with Crippen LogP contribution in [0.25, 0.3) is 0 Å². The number of benzene rings is 1. The van der Waals surface area contributed by atoms with Crippen LogP contribution >= 0.6 is 11.8 Å². The number of hydrogen-bond donors (Lipinski definition) is 1. The van der Waals surface area contributed by atoms with Crippen LogP contribution in [0.2, 0.25) is 0 Å². The van der Waals surface area contributed by atoms with Crippen molar-refractivity contribution < 1.29 is 14.4 Å². The van der Waals surface area contributed by atoms with E-state index in [2.05, 4.69) is 11.9 Å². The van der Waals surface area contributed by atoms with Gasteiger partial charge in [0.1, 0.15) is 6.04 Å². The average Bonchev–Trinajstić information content (AvgIpc) is 3.14. The number of nitrogens with zero attached hydrogens (tertiary/aromatic N) is 2. The lowest BCUT2D eigenvalue weighted by molar-refractivity contribution is -0.125. The molecule has 0 saturated carbocycles. The van der Waals surface area contributed by atoms with Crippen LogP contribution < -0.4 is 10.2 Å². The molecule has 1 aromatic carbocycles. The first-order valence-electron chi connectivity index (χ1n) is 9.49. The fraction of sp³-hybridized carbons (Fsp3) is 0.476. The zero-order valence-electron chi connectivity index (χ0n) is 16.7. The van der Waals surface area contributed by atoms with Crippen molar-refractivity contribution in [2.75, 3.05) is 23.1 Å². The molecule has 1 atom stereocenters. The van der Waals surface area contributed by atoms with E-state index in [9.17, 15) is 14.4 Å². The molecule has 3 rings (SSSR count). The summed E-state index contributed by atoms with van der Waals surface area (Å²) in [5.74, 6) is 0.704. The summed E-state index contributed by atoms with van der Waals surface area (Å²) in [6, 6.07) is 4.97. The summed E-state index contributed by atoms with van der Waals surface area (Å²) in [6.07, 6.45) is 2.98. The maximum absolute atomic E-state index is 13.1. The number of carbonyl (C=O) groups excluding carboxylic acids is 3. The highest BCUT2D eigenvalue weighted by Gasteiger charge is 2.36. The van der Waals surface area contributed by atoms with E-state index in [-0.39, 0.29) is 23.3 Å². The molecule has 28 heavy (non-hydrogen) atoms. The van der Waals surface area contributed by atoms with E-state index >= 15 is 0 Å². The van der Waals surface area contributed by atoms with Gasteiger partial charge in [0.15, 0.2) is 0 Å². The summed E-state index contributed by atoms with van der Waals surface area (Å²) >= 11 is 1.58. The third kappa shape index (κ3) is 4.24. The fourth-order valence-electron chi connectivity index (χ4n) is 3.55. The first-order chi connectivity index (χ1) is 13.2. The van der Waals surface area contributed by atoms with Crippen LogP contribution in [-0.4, -0.2) is 52.4 Å². The topological polar surface area (TPSA) is 69.7 Å². The van der Waals surface area contributed by atoms with Gasteiger partial charge in [0.05, 0.1) is 5.88 Å². The molecular weight excluding hydrogens is 374 g/mol. The Labute approximate surface area is 170 Å². The van der Waals surface area contributed by atoms with Crippen molar-refractivity contribution in [3.05, 3.63) is 42.0 Å². The van der Waals surface area contributed by atoms with E-state index in [0.29, 0.717) is 23.7 Å². The predicted octanol–water partition coefficient (Wildman–Crippen LogP) is 2.58. The number of aryl methyl sites for hydroxylation is 1. The number of amides is 3. The Kier molecular flexibility index (Phi) is 5.84. The highest BCUT2D eigenvalue weighted by Crippen LogP contribution is 2.30. The maximum Gasteiger partial charge on any atom is 0.255 e. The number of hydrogen-bond acceptors (Lipinski definition) is 4. The number of rotatable bonds is 3. The van der Waals surface area contributed by atoms with Crippen molar-refractivity contribution in [2.45, 2.75) is 45.2 Å². The fourth-order valence-corrected chi connectivity index (χ4v) is 4.70. The number of anilines is 1. The molecule has 2 heterocycles. The zero-order chi connectivity index (χ0) is 20.5. The Hall–Kier alpha value is -2.28. The lowest BCUT2D eigenvalue weighted by atomic mass is 9.98. The molecule has 7 heteroatoms. The lowest BCUT2D eigenvalue weighted by Gasteiger charge is -2.30. The van der Waals surface area contributed by atoms with Gasteiger partial charge in [-0.25, -0.2) is 0 Å². The Bertz CT molecular complexity index is 816. The second kappa shape index (κ2) is 7.99. The van der Waals surface area contributed by atoms with Crippen LogP contribution in [0.15, 0.2) is 30.9 Å². The van der Waals surface area contributed by atoms with E-state index in [1.165, 1.54) is 6.08 Å². The molecular formula is C21H27N3O3S. The van der Waals surface area contributed by atoms with Gasteiger partial charge in [0.2, 0.25) is 11.8 Å². The van der Waals surface area contributed by atoms with E-state index in [0.717, 1.165) is 24.1 Å². The highest BCUT2D eigenvalue weighted by atomic mass is 32.2.